The van der Waals surface area contributed by atoms with Crippen LogP contribution in [0.1, 0.15) is 23.5 Å². The average Bonchev–Trinajstić information content (AvgIpc) is 2.68. The van der Waals surface area contributed by atoms with Crippen LogP contribution >= 0.6 is 11.8 Å². The summed E-state index contributed by atoms with van der Waals surface area (Å²) in [5.74, 6) is 1.11. The monoisotopic (exact) mass is 391 g/mol. The van der Waals surface area contributed by atoms with Crippen LogP contribution in [-0.4, -0.2) is 43.0 Å². The first-order valence-electron chi connectivity index (χ1n) is 8.20. The van der Waals surface area contributed by atoms with Crippen LogP contribution in [0.25, 0.3) is 0 Å². The fourth-order valence-corrected chi connectivity index (χ4v) is 3.92. The van der Waals surface area contributed by atoms with E-state index in [2.05, 4.69) is 10.3 Å². The number of carbonyl (C=O) groups is 1. The van der Waals surface area contributed by atoms with Crippen molar-refractivity contribution < 1.29 is 19.0 Å². The average molecular weight is 391 g/mol. The second-order valence-corrected chi connectivity index (χ2v) is 6.73. The van der Waals surface area contributed by atoms with Gasteiger partial charge in [-0.2, -0.15) is 4.98 Å². The number of thioether (sulfide) groups is 1. The van der Waals surface area contributed by atoms with E-state index < -0.39 is 5.92 Å². The Morgan fingerprint density at radius 1 is 1.15 bits per heavy atom. The maximum absolute atomic E-state index is 12.8. The molecule has 27 heavy (non-hydrogen) atoms. The highest BCUT2D eigenvalue weighted by atomic mass is 32.2. The number of benzene rings is 1. The van der Waals surface area contributed by atoms with Crippen molar-refractivity contribution in [2.24, 2.45) is 7.05 Å². The number of anilines is 1. The lowest BCUT2D eigenvalue weighted by molar-refractivity contribution is -0.116. The van der Waals surface area contributed by atoms with Crippen LogP contribution in [-0.2, 0) is 11.8 Å². The third kappa shape index (κ3) is 3.12. The summed E-state index contributed by atoms with van der Waals surface area (Å²) in [6.45, 7) is 0. The number of carbonyl (C=O) groups excluding carboxylic acids is 1. The molecule has 144 valence electrons. The fraction of sp³-hybridized carbons (Fsp3) is 0.389. The fourth-order valence-electron chi connectivity index (χ4n) is 3.38. The van der Waals surface area contributed by atoms with Crippen molar-refractivity contribution in [1.29, 1.82) is 0 Å². The van der Waals surface area contributed by atoms with Crippen LogP contribution < -0.4 is 25.1 Å². The first kappa shape index (κ1) is 19.1. The van der Waals surface area contributed by atoms with Crippen LogP contribution in [0.15, 0.2) is 22.1 Å². The minimum Gasteiger partial charge on any atom is -0.493 e. The normalized spacial score (nSPS) is 15.7. The Bertz CT molecular complexity index is 957. The number of aromatic nitrogens is 2. The molecular weight excluding hydrogens is 370 g/mol. The maximum atomic E-state index is 12.8. The lowest BCUT2D eigenvalue weighted by Gasteiger charge is -2.28. The molecule has 1 aliphatic heterocycles. The van der Waals surface area contributed by atoms with Crippen molar-refractivity contribution in [1.82, 2.24) is 9.55 Å². The molecule has 1 amide bonds. The van der Waals surface area contributed by atoms with Gasteiger partial charge in [0.05, 0.1) is 26.9 Å². The van der Waals surface area contributed by atoms with Crippen LogP contribution in [0.4, 0.5) is 5.82 Å². The van der Waals surface area contributed by atoms with Gasteiger partial charge in [-0.15, -0.1) is 0 Å². The molecule has 9 heteroatoms. The van der Waals surface area contributed by atoms with Gasteiger partial charge in [0.15, 0.2) is 16.7 Å². The summed E-state index contributed by atoms with van der Waals surface area (Å²) in [6, 6.07) is 3.52. The third-order valence-corrected chi connectivity index (χ3v) is 5.32. The Balaban J connectivity index is 2.28. The van der Waals surface area contributed by atoms with Gasteiger partial charge in [0.1, 0.15) is 5.82 Å². The third-order valence-electron chi connectivity index (χ3n) is 4.59. The molecule has 0 fully saturated rings. The van der Waals surface area contributed by atoms with Gasteiger partial charge in [-0.3, -0.25) is 9.59 Å². The summed E-state index contributed by atoms with van der Waals surface area (Å²) < 4.78 is 18.0. The molecule has 3 rings (SSSR count). The zero-order valence-corrected chi connectivity index (χ0v) is 16.6. The molecule has 1 atom stereocenters. The highest BCUT2D eigenvalue weighted by Crippen LogP contribution is 2.46. The van der Waals surface area contributed by atoms with E-state index in [9.17, 15) is 9.59 Å². The number of fused-ring (bicyclic) bond motifs is 1. The molecule has 0 radical (unpaired) electrons. The molecule has 0 unspecified atom stereocenters. The molecule has 2 aromatic rings. The minimum absolute atomic E-state index is 0.106. The highest BCUT2D eigenvalue weighted by Gasteiger charge is 2.35. The number of amides is 1. The summed E-state index contributed by atoms with van der Waals surface area (Å²) in [4.78, 5) is 29.3. The van der Waals surface area contributed by atoms with Gasteiger partial charge in [0.25, 0.3) is 5.56 Å². The molecule has 0 aliphatic carbocycles. The van der Waals surface area contributed by atoms with E-state index in [4.69, 9.17) is 14.2 Å². The number of rotatable bonds is 5. The predicted molar refractivity (Wildman–Crippen MR) is 102 cm³/mol. The Kier molecular flexibility index (Phi) is 5.31. The standard InChI is InChI=1S/C18H21N3O5S/c1-21-16-13(17(23)20-18(21)27-5)10(8-12(22)19-16)9-6-7-11(24-2)15(26-4)14(9)25-3/h6-7,10H,8H2,1-5H3,(H,19,22)/t10-/m1/s1. The Morgan fingerprint density at radius 3 is 2.44 bits per heavy atom. The van der Waals surface area contributed by atoms with Crippen LogP contribution in [0.2, 0.25) is 0 Å². The zero-order valence-electron chi connectivity index (χ0n) is 15.8. The van der Waals surface area contributed by atoms with E-state index in [0.29, 0.717) is 39.3 Å². The van der Waals surface area contributed by atoms with Crippen molar-refractivity contribution in [3.63, 3.8) is 0 Å². The van der Waals surface area contributed by atoms with Crippen molar-refractivity contribution in [3.05, 3.63) is 33.6 Å². The van der Waals surface area contributed by atoms with E-state index >= 15 is 0 Å². The largest absolute Gasteiger partial charge is 0.493 e. The first-order valence-corrected chi connectivity index (χ1v) is 9.42. The smallest absolute Gasteiger partial charge is 0.279 e. The van der Waals surface area contributed by atoms with E-state index in [1.54, 1.807) is 23.7 Å². The van der Waals surface area contributed by atoms with Gasteiger partial charge in [-0.05, 0) is 12.3 Å². The van der Waals surface area contributed by atoms with Crippen molar-refractivity contribution in [3.8, 4) is 17.2 Å². The van der Waals surface area contributed by atoms with Crippen LogP contribution in [0.3, 0.4) is 0 Å². The van der Waals surface area contributed by atoms with E-state index in [1.165, 1.54) is 33.1 Å². The van der Waals surface area contributed by atoms with Crippen molar-refractivity contribution in [2.75, 3.05) is 32.9 Å². The highest BCUT2D eigenvalue weighted by molar-refractivity contribution is 7.98. The molecule has 0 saturated carbocycles. The summed E-state index contributed by atoms with van der Waals surface area (Å²) in [5, 5.41) is 3.33. The second-order valence-electron chi connectivity index (χ2n) is 5.95. The molecule has 1 aromatic carbocycles. The lowest BCUT2D eigenvalue weighted by atomic mass is 9.86. The van der Waals surface area contributed by atoms with Crippen LogP contribution in [0, 0.1) is 0 Å². The van der Waals surface area contributed by atoms with Crippen LogP contribution in [0.5, 0.6) is 17.2 Å². The molecule has 2 heterocycles. The Hall–Kier alpha value is -2.68. The number of ether oxygens (including phenoxy) is 3. The number of hydrogen-bond donors (Lipinski definition) is 1. The number of methoxy groups -OCH3 is 3. The Labute approximate surface area is 160 Å². The Morgan fingerprint density at radius 2 is 1.85 bits per heavy atom. The summed E-state index contributed by atoms with van der Waals surface area (Å²) in [7, 11) is 6.32. The molecule has 0 bridgehead atoms. The first-order chi connectivity index (χ1) is 13.0. The lowest BCUT2D eigenvalue weighted by Crippen LogP contribution is -2.33. The van der Waals surface area contributed by atoms with E-state index in [-0.39, 0.29) is 17.9 Å². The summed E-state index contributed by atoms with van der Waals surface area (Å²) in [6.07, 6.45) is 1.93. The zero-order chi connectivity index (χ0) is 19.7. The second kappa shape index (κ2) is 7.51. The van der Waals surface area contributed by atoms with Crippen molar-refractivity contribution >= 4 is 23.5 Å². The molecule has 1 aromatic heterocycles. The summed E-state index contributed by atoms with van der Waals surface area (Å²) in [5.41, 5.74) is 0.733. The molecule has 0 saturated heterocycles. The summed E-state index contributed by atoms with van der Waals surface area (Å²) >= 11 is 1.34. The van der Waals surface area contributed by atoms with Gasteiger partial charge in [-0.25, -0.2) is 0 Å². The van der Waals surface area contributed by atoms with Gasteiger partial charge >= 0.3 is 0 Å². The SMILES string of the molecule is COc1ccc([C@H]2CC(=O)Nc3c2c(=O)nc(SC)n3C)c(OC)c1OC. The minimum atomic E-state index is -0.509. The van der Waals surface area contributed by atoms with Gasteiger partial charge in [-0.1, -0.05) is 17.8 Å². The van der Waals surface area contributed by atoms with Gasteiger partial charge in [0.2, 0.25) is 11.7 Å². The number of hydrogen-bond acceptors (Lipinski definition) is 7. The van der Waals surface area contributed by atoms with E-state index in [1.807, 2.05) is 6.26 Å². The molecule has 1 aliphatic rings. The van der Waals surface area contributed by atoms with Gasteiger partial charge < -0.3 is 24.1 Å². The molecule has 8 nitrogen and oxygen atoms in total. The molecular formula is C18H21N3O5S. The van der Waals surface area contributed by atoms with E-state index in [0.717, 1.165) is 0 Å². The van der Waals surface area contributed by atoms with Gasteiger partial charge in [0, 0.05) is 24.9 Å². The maximum Gasteiger partial charge on any atom is 0.279 e. The quantitative estimate of drug-likeness (QED) is 0.616. The van der Waals surface area contributed by atoms with Crippen molar-refractivity contribution in [2.45, 2.75) is 17.5 Å². The number of nitrogens with zero attached hydrogens (tertiary/aromatic N) is 2. The molecule has 1 N–H and O–H groups in total. The number of nitrogens with one attached hydrogen (secondary N) is 1. The predicted octanol–water partition coefficient (Wildman–Crippen LogP) is 2.00. The molecule has 0 spiro atoms. The topological polar surface area (TPSA) is 91.7 Å².